The van der Waals surface area contributed by atoms with Crippen molar-refractivity contribution in [3.05, 3.63) is 74.5 Å². The first kappa shape index (κ1) is 20.4. The summed E-state index contributed by atoms with van der Waals surface area (Å²) in [6, 6.07) is 13.6. The molecule has 0 saturated carbocycles. The van der Waals surface area contributed by atoms with Gasteiger partial charge in [0.25, 0.3) is 0 Å². The molecule has 0 aliphatic carbocycles. The summed E-state index contributed by atoms with van der Waals surface area (Å²) in [6.07, 6.45) is 3.36. The normalized spacial score (nSPS) is 11.9. The summed E-state index contributed by atoms with van der Waals surface area (Å²) in [7, 11) is 0. The van der Waals surface area contributed by atoms with E-state index < -0.39 is 0 Å². The summed E-state index contributed by atoms with van der Waals surface area (Å²) in [5.74, 6) is 0. The number of halogens is 3. The van der Waals surface area contributed by atoms with E-state index in [-0.39, 0.29) is 15.9 Å². The Morgan fingerprint density at radius 1 is 0.852 bits per heavy atom. The zero-order valence-electron chi connectivity index (χ0n) is 15.0. The minimum atomic E-state index is 0.000000000000000444. The van der Waals surface area contributed by atoms with Crippen molar-refractivity contribution in [1.82, 2.24) is 15.0 Å². The van der Waals surface area contributed by atoms with Crippen LogP contribution in [0.3, 0.4) is 0 Å². The second kappa shape index (κ2) is 9.24. The number of nitrogens with zero attached hydrogens (tertiary/aromatic N) is 3. The predicted molar refractivity (Wildman–Crippen MR) is 113 cm³/mol. The lowest BCUT2D eigenvalue weighted by Crippen LogP contribution is -2.03. The Hall–Kier alpha value is -1.33. The van der Waals surface area contributed by atoms with E-state index in [0.29, 0.717) is 0 Å². The summed E-state index contributed by atoms with van der Waals surface area (Å²) < 4.78 is 0. The number of hydrogen-bond acceptors (Lipinski definition) is 4. The van der Waals surface area contributed by atoms with Gasteiger partial charge in [-0.1, -0.05) is 55.9 Å². The van der Waals surface area contributed by atoms with E-state index in [4.69, 9.17) is 34.8 Å². The van der Waals surface area contributed by atoms with Crippen molar-refractivity contribution in [3.63, 3.8) is 0 Å². The fourth-order valence-electron chi connectivity index (χ4n) is 2.92. The van der Waals surface area contributed by atoms with Crippen LogP contribution in [0.5, 0.6) is 0 Å². The first-order chi connectivity index (χ1) is 13.0. The van der Waals surface area contributed by atoms with Crippen LogP contribution < -0.4 is 0 Å². The van der Waals surface area contributed by atoms with Gasteiger partial charge >= 0.3 is 0 Å². The Morgan fingerprint density at radius 3 is 2.07 bits per heavy atom. The molecule has 0 amide bonds. The van der Waals surface area contributed by atoms with Crippen molar-refractivity contribution in [3.8, 4) is 0 Å². The first-order valence-electron chi connectivity index (χ1n) is 8.63. The minimum Gasteiger partial charge on any atom is -0.187 e. The van der Waals surface area contributed by atoms with Crippen LogP contribution in [0.2, 0.25) is 15.9 Å². The van der Waals surface area contributed by atoms with Crippen molar-refractivity contribution >= 4 is 46.6 Å². The first-order valence-corrected chi connectivity index (χ1v) is 10.6. The third kappa shape index (κ3) is 5.14. The van der Waals surface area contributed by atoms with Gasteiger partial charge in [0.1, 0.15) is 0 Å². The largest absolute Gasteiger partial charge is 0.227 e. The standard InChI is InChI=1S/C17H18S.C3Cl3N3/c1-3-12-9-13(4-2)17-15(10-12)11-14-7-5-6-8-16(14)18-17;4-1-7-2(5)9-3(6)8-1/h5-10H,3-4,11H2,1-2H3;. The number of aryl methyl sites for hydroxylation is 2. The van der Waals surface area contributed by atoms with E-state index in [9.17, 15) is 0 Å². The maximum absolute atomic E-state index is 5.32. The average Bonchev–Trinajstić information content (AvgIpc) is 2.64. The zero-order chi connectivity index (χ0) is 19.4. The van der Waals surface area contributed by atoms with Crippen LogP contribution >= 0.6 is 46.6 Å². The lowest BCUT2D eigenvalue weighted by molar-refractivity contribution is 0.970. The highest BCUT2D eigenvalue weighted by molar-refractivity contribution is 7.99. The third-order valence-corrected chi connectivity index (χ3v) is 6.06. The SMILES string of the molecule is CCc1cc(CC)c2c(c1)Cc1ccccc1S2.Clc1nc(Cl)nc(Cl)n1. The molecule has 1 aliphatic heterocycles. The molecule has 0 unspecified atom stereocenters. The van der Waals surface area contributed by atoms with E-state index in [1.165, 1.54) is 32.0 Å². The summed E-state index contributed by atoms with van der Waals surface area (Å²) in [5.41, 5.74) is 6.00. The van der Waals surface area contributed by atoms with Crippen molar-refractivity contribution in [2.45, 2.75) is 42.9 Å². The number of fused-ring (bicyclic) bond motifs is 2. The summed E-state index contributed by atoms with van der Waals surface area (Å²) in [4.78, 5) is 13.3. The van der Waals surface area contributed by atoms with Gasteiger partial charge in [0, 0.05) is 9.79 Å². The molecule has 0 N–H and O–H groups in total. The number of benzene rings is 2. The molecule has 27 heavy (non-hydrogen) atoms. The topological polar surface area (TPSA) is 38.7 Å². The molecule has 4 rings (SSSR count). The molecule has 0 atom stereocenters. The average molecular weight is 439 g/mol. The van der Waals surface area contributed by atoms with Crippen LogP contribution in [0.1, 0.15) is 36.1 Å². The summed E-state index contributed by atoms with van der Waals surface area (Å²) in [6.45, 7) is 4.50. The molecule has 0 spiro atoms. The minimum absolute atomic E-state index is 0.000000000000000444. The highest BCUT2D eigenvalue weighted by Crippen LogP contribution is 2.42. The number of hydrogen-bond donors (Lipinski definition) is 0. The van der Waals surface area contributed by atoms with Crippen LogP contribution in [-0.4, -0.2) is 15.0 Å². The van der Waals surface area contributed by atoms with Crippen molar-refractivity contribution in [2.24, 2.45) is 0 Å². The Bertz CT molecular complexity index is 913. The molecule has 140 valence electrons. The van der Waals surface area contributed by atoms with Crippen molar-refractivity contribution in [1.29, 1.82) is 0 Å². The summed E-state index contributed by atoms with van der Waals surface area (Å²) >= 11 is 17.9. The molecule has 0 fully saturated rings. The molecule has 0 radical (unpaired) electrons. The molecule has 3 aromatic rings. The number of rotatable bonds is 2. The lowest BCUT2D eigenvalue weighted by atomic mass is 9.97. The summed E-state index contributed by atoms with van der Waals surface area (Å²) in [5, 5.41) is 0.00000000000000178. The van der Waals surface area contributed by atoms with Gasteiger partial charge < -0.3 is 0 Å². The Kier molecular flexibility index (Phi) is 6.99. The molecule has 0 saturated heterocycles. The third-order valence-electron chi connectivity index (χ3n) is 4.21. The van der Waals surface area contributed by atoms with Gasteiger partial charge in [-0.15, -0.1) is 0 Å². The smallest absolute Gasteiger partial charge is 0.187 e. The van der Waals surface area contributed by atoms with E-state index in [1.54, 1.807) is 0 Å². The van der Waals surface area contributed by atoms with Gasteiger partial charge in [-0.2, -0.15) is 15.0 Å². The highest BCUT2D eigenvalue weighted by atomic mass is 35.5. The quantitative estimate of drug-likeness (QED) is 0.349. The molecule has 0 bridgehead atoms. The van der Waals surface area contributed by atoms with E-state index in [1.807, 2.05) is 11.8 Å². The van der Waals surface area contributed by atoms with Crippen LogP contribution in [-0.2, 0) is 19.3 Å². The molecule has 2 heterocycles. The van der Waals surface area contributed by atoms with Crippen LogP contribution in [0, 0.1) is 0 Å². The second-order valence-corrected chi connectivity index (χ2v) is 8.05. The fraction of sp³-hybridized carbons (Fsp3) is 0.250. The molecular formula is C20H18Cl3N3S. The zero-order valence-corrected chi connectivity index (χ0v) is 18.1. The monoisotopic (exact) mass is 437 g/mol. The van der Waals surface area contributed by atoms with Crippen molar-refractivity contribution < 1.29 is 0 Å². The fourth-order valence-corrected chi connectivity index (χ4v) is 4.77. The van der Waals surface area contributed by atoms with Gasteiger partial charge in [-0.05, 0) is 82.4 Å². The lowest BCUT2D eigenvalue weighted by Gasteiger charge is -2.22. The Morgan fingerprint density at radius 2 is 1.48 bits per heavy atom. The molecule has 1 aliphatic rings. The van der Waals surface area contributed by atoms with Crippen LogP contribution in [0.4, 0.5) is 0 Å². The Labute approximate surface area is 178 Å². The van der Waals surface area contributed by atoms with Gasteiger partial charge in [0.15, 0.2) is 0 Å². The van der Waals surface area contributed by atoms with Crippen molar-refractivity contribution in [2.75, 3.05) is 0 Å². The molecule has 1 aromatic heterocycles. The van der Waals surface area contributed by atoms with Gasteiger partial charge in [0.05, 0.1) is 0 Å². The Balaban J connectivity index is 0.000000197. The van der Waals surface area contributed by atoms with E-state index in [2.05, 4.69) is 65.2 Å². The van der Waals surface area contributed by atoms with E-state index in [0.717, 1.165) is 19.3 Å². The van der Waals surface area contributed by atoms with Gasteiger partial charge in [-0.25, -0.2) is 0 Å². The molecule has 3 nitrogen and oxygen atoms in total. The molecule has 7 heteroatoms. The van der Waals surface area contributed by atoms with Crippen LogP contribution in [0.15, 0.2) is 46.2 Å². The maximum atomic E-state index is 5.32. The number of aromatic nitrogens is 3. The van der Waals surface area contributed by atoms with Gasteiger partial charge in [0.2, 0.25) is 15.9 Å². The highest BCUT2D eigenvalue weighted by Gasteiger charge is 2.18. The molecule has 2 aromatic carbocycles. The van der Waals surface area contributed by atoms with Gasteiger partial charge in [-0.3, -0.25) is 0 Å². The maximum Gasteiger partial charge on any atom is 0.227 e. The van der Waals surface area contributed by atoms with E-state index >= 15 is 0 Å². The van der Waals surface area contributed by atoms with Crippen LogP contribution in [0.25, 0.3) is 0 Å². The second-order valence-electron chi connectivity index (χ2n) is 5.98. The predicted octanol–water partition coefficient (Wildman–Crippen LogP) is 6.70. The molecular weight excluding hydrogens is 421 g/mol.